The van der Waals surface area contributed by atoms with Crippen molar-refractivity contribution in [3.63, 3.8) is 0 Å². The monoisotopic (exact) mass is 402 g/mol. The minimum absolute atomic E-state index is 0.153. The van der Waals surface area contributed by atoms with Gasteiger partial charge in [-0.15, -0.1) is 0 Å². The van der Waals surface area contributed by atoms with Crippen LogP contribution in [0.15, 0.2) is 53.5 Å². The first-order chi connectivity index (χ1) is 14.4. The Balaban J connectivity index is 1.79. The van der Waals surface area contributed by atoms with Crippen LogP contribution in [0.3, 0.4) is 0 Å². The van der Waals surface area contributed by atoms with E-state index in [1.807, 2.05) is 39.0 Å². The van der Waals surface area contributed by atoms with Gasteiger partial charge in [0.25, 0.3) is 5.56 Å². The van der Waals surface area contributed by atoms with Gasteiger partial charge in [-0.3, -0.25) is 9.59 Å². The van der Waals surface area contributed by atoms with Crippen LogP contribution in [0.25, 0.3) is 16.6 Å². The smallest absolute Gasteiger partial charge is 0.293 e. The van der Waals surface area contributed by atoms with Crippen molar-refractivity contribution in [2.24, 2.45) is 0 Å². The van der Waals surface area contributed by atoms with E-state index < -0.39 is 0 Å². The fraction of sp³-hybridized carbons (Fsp3) is 0.217. The number of ketones is 1. The maximum atomic E-state index is 13.2. The molecule has 0 spiro atoms. The van der Waals surface area contributed by atoms with Crippen molar-refractivity contribution >= 4 is 16.7 Å². The Hall–Kier alpha value is -3.74. The largest absolute Gasteiger partial charge is 0.497 e. The number of rotatable bonds is 5. The molecule has 4 aromatic rings. The first kappa shape index (κ1) is 19.6. The molecule has 0 saturated heterocycles. The second kappa shape index (κ2) is 7.59. The Kier molecular flexibility index (Phi) is 4.95. The maximum Gasteiger partial charge on any atom is 0.293 e. The number of nitrogens with zero attached hydrogens (tertiary/aromatic N) is 4. The molecule has 0 radical (unpaired) electrons. The molecule has 0 atom stereocenters. The number of carbonyl (C=O) groups excluding carboxylic acids is 1. The summed E-state index contributed by atoms with van der Waals surface area (Å²) in [6.07, 6.45) is 1.65. The number of carbonyl (C=O) groups is 1. The summed E-state index contributed by atoms with van der Waals surface area (Å²) in [5.74, 6) is 0.458. The van der Waals surface area contributed by atoms with Crippen LogP contribution in [-0.2, 0) is 6.54 Å². The third-order valence-corrected chi connectivity index (χ3v) is 5.15. The highest BCUT2D eigenvalue weighted by atomic mass is 16.5. The molecule has 0 aliphatic carbocycles. The summed E-state index contributed by atoms with van der Waals surface area (Å²) in [4.78, 5) is 26.0. The highest BCUT2D eigenvalue weighted by Gasteiger charge is 2.18. The van der Waals surface area contributed by atoms with E-state index in [-0.39, 0.29) is 17.9 Å². The Morgan fingerprint density at radius 1 is 1.07 bits per heavy atom. The Bertz CT molecular complexity index is 1320. The van der Waals surface area contributed by atoms with Crippen LogP contribution in [-0.4, -0.2) is 32.5 Å². The lowest BCUT2D eigenvalue weighted by atomic mass is 10.1. The van der Waals surface area contributed by atoms with Crippen LogP contribution in [0, 0.1) is 20.8 Å². The number of aromatic nitrogens is 4. The first-order valence-electron chi connectivity index (χ1n) is 9.59. The predicted octanol–water partition coefficient (Wildman–Crippen LogP) is 3.40. The van der Waals surface area contributed by atoms with Gasteiger partial charge in [-0.1, -0.05) is 17.7 Å². The average molecular weight is 402 g/mol. The molecular weight excluding hydrogens is 380 g/mol. The van der Waals surface area contributed by atoms with Gasteiger partial charge in [0.1, 0.15) is 17.8 Å². The highest BCUT2D eigenvalue weighted by Crippen LogP contribution is 2.21. The lowest BCUT2D eigenvalue weighted by molar-refractivity contribution is 0.0965. The molecule has 0 aliphatic heterocycles. The fourth-order valence-corrected chi connectivity index (χ4v) is 3.56. The van der Waals surface area contributed by atoms with Crippen LogP contribution in [0.2, 0.25) is 0 Å². The predicted molar refractivity (Wildman–Crippen MR) is 115 cm³/mol. The summed E-state index contributed by atoms with van der Waals surface area (Å²) in [7, 11) is 1.57. The van der Waals surface area contributed by atoms with Crippen LogP contribution in [0.4, 0.5) is 0 Å². The van der Waals surface area contributed by atoms with Crippen molar-refractivity contribution < 1.29 is 9.53 Å². The molecule has 0 bridgehead atoms. The number of fused-ring (bicyclic) bond motifs is 1. The van der Waals surface area contributed by atoms with Gasteiger partial charge in [-0.05, 0) is 56.7 Å². The Morgan fingerprint density at radius 3 is 2.47 bits per heavy atom. The molecule has 0 saturated carbocycles. The fourth-order valence-electron chi connectivity index (χ4n) is 3.56. The van der Waals surface area contributed by atoms with Crippen molar-refractivity contribution in [3.8, 4) is 11.4 Å². The van der Waals surface area contributed by atoms with Crippen molar-refractivity contribution in [2.75, 3.05) is 7.11 Å². The SMILES string of the molecule is COc1ccc(C(=O)Cn2nc(C)c3cnn(-c4ccc(C)cc4C)c3c2=O)cc1. The zero-order chi connectivity index (χ0) is 21.4. The van der Waals surface area contributed by atoms with E-state index in [9.17, 15) is 9.59 Å². The van der Waals surface area contributed by atoms with Gasteiger partial charge in [0, 0.05) is 10.9 Å². The van der Waals surface area contributed by atoms with E-state index >= 15 is 0 Å². The zero-order valence-electron chi connectivity index (χ0n) is 17.3. The number of ether oxygens (including phenoxy) is 1. The third kappa shape index (κ3) is 3.39. The summed E-state index contributed by atoms with van der Waals surface area (Å²) < 4.78 is 7.97. The van der Waals surface area contributed by atoms with Gasteiger partial charge in [0.05, 0.1) is 24.7 Å². The summed E-state index contributed by atoms with van der Waals surface area (Å²) in [5, 5.41) is 9.46. The topological polar surface area (TPSA) is 79.0 Å². The molecule has 0 aliphatic rings. The van der Waals surface area contributed by atoms with E-state index in [1.165, 1.54) is 4.68 Å². The van der Waals surface area contributed by atoms with Gasteiger partial charge in [0.15, 0.2) is 5.78 Å². The summed E-state index contributed by atoms with van der Waals surface area (Å²) >= 11 is 0. The van der Waals surface area contributed by atoms with Crippen molar-refractivity contribution in [1.29, 1.82) is 0 Å². The van der Waals surface area contributed by atoms with Crippen LogP contribution < -0.4 is 10.3 Å². The maximum absolute atomic E-state index is 13.2. The first-order valence-corrected chi connectivity index (χ1v) is 9.59. The summed E-state index contributed by atoms with van der Waals surface area (Å²) in [6.45, 7) is 5.66. The van der Waals surface area contributed by atoms with Crippen molar-refractivity contribution in [1.82, 2.24) is 19.6 Å². The second-order valence-electron chi connectivity index (χ2n) is 7.31. The number of methoxy groups -OCH3 is 1. The van der Waals surface area contributed by atoms with Crippen LogP contribution in [0.5, 0.6) is 5.75 Å². The average Bonchev–Trinajstić information content (AvgIpc) is 3.17. The second-order valence-corrected chi connectivity index (χ2v) is 7.31. The number of Topliss-reactive ketones (excluding diaryl/α,β-unsaturated/α-hetero) is 1. The Labute approximate surface area is 173 Å². The lowest BCUT2D eigenvalue weighted by Gasteiger charge is -2.10. The van der Waals surface area contributed by atoms with Gasteiger partial charge in [0.2, 0.25) is 0 Å². The molecule has 2 aromatic carbocycles. The van der Waals surface area contributed by atoms with Gasteiger partial charge < -0.3 is 4.74 Å². The van der Waals surface area contributed by atoms with E-state index in [1.54, 1.807) is 42.3 Å². The molecule has 2 aromatic heterocycles. The van der Waals surface area contributed by atoms with E-state index in [2.05, 4.69) is 10.2 Å². The third-order valence-electron chi connectivity index (χ3n) is 5.15. The summed E-state index contributed by atoms with van der Waals surface area (Å²) in [6, 6.07) is 12.8. The van der Waals surface area contributed by atoms with E-state index in [4.69, 9.17) is 4.74 Å². The quantitative estimate of drug-likeness (QED) is 0.478. The number of benzene rings is 2. The molecule has 0 N–H and O–H groups in total. The van der Waals surface area contributed by atoms with Crippen LogP contribution in [0.1, 0.15) is 27.2 Å². The zero-order valence-corrected chi connectivity index (χ0v) is 17.3. The minimum Gasteiger partial charge on any atom is -0.497 e. The molecule has 4 rings (SSSR count). The number of aryl methyl sites for hydroxylation is 3. The summed E-state index contributed by atoms with van der Waals surface area (Å²) in [5.41, 5.74) is 4.16. The van der Waals surface area contributed by atoms with Gasteiger partial charge in [-0.2, -0.15) is 10.2 Å². The van der Waals surface area contributed by atoms with Gasteiger partial charge in [-0.25, -0.2) is 9.36 Å². The molecule has 152 valence electrons. The van der Waals surface area contributed by atoms with Crippen molar-refractivity contribution in [2.45, 2.75) is 27.3 Å². The molecule has 0 unspecified atom stereocenters. The molecule has 7 nitrogen and oxygen atoms in total. The Morgan fingerprint density at radius 2 is 1.80 bits per heavy atom. The lowest BCUT2D eigenvalue weighted by Crippen LogP contribution is -2.28. The normalized spacial score (nSPS) is 11.1. The van der Waals surface area contributed by atoms with Crippen LogP contribution >= 0.6 is 0 Å². The highest BCUT2D eigenvalue weighted by molar-refractivity contribution is 5.96. The standard InChI is InChI=1S/C23H22N4O3/c1-14-5-10-20(15(2)11-14)27-22-19(12-24-27)16(3)25-26(23(22)29)13-21(28)17-6-8-18(30-4)9-7-17/h5-12H,13H2,1-4H3. The number of hydrogen-bond donors (Lipinski definition) is 0. The number of hydrogen-bond acceptors (Lipinski definition) is 5. The minimum atomic E-state index is -0.352. The van der Waals surface area contributed by atoms with E-state index in [0.717, 1.165) is 16.8 Å². The molecule has 0 amide bonds. The molecule has 2 heterocycles. The van der Waals surface area contributed by atoms with Crippen molar-refractivity contribution in [3.05, 3.63) is 81.4 Å². The van der Waals surface area contributed by atoms with Gasteiger partial charge >= 0.3 is 0 Å². The van der Waals surface area contributed by atoms with E-state index in [0.29, 0.717) is 27.9 Å². The molecular formula is C23H22N4O3. The molecule has 7 heteroatoms. The molecule has 30 heavy (non-hydrogen) atoms. The molecule has 0 fully saturated rings.